The summed E-state index contributed by atoms with van der Waals surface area (Å²) in [5, 5.41) is 16.2. The highest BCUT2D eigenvalue weighted by atomic mass is 19.1. The lowest BCUT2D eigenvalue weighted by Gasteiger charge is -2.14. The molecule has 196 valence electrons. The van der Waals surface area contributed by atoms with Gasteiger partial charge in [-0.2, -0.15) is 4.98 Å². The number of hydrogen-bond acceptors (Lipinski definition) is 6. The number of benzene rings is 3. The molecule has 0 aliphatic heterocycles. The second kappa shape index (κ2) is 10.7. The number of nitrogens with zero attached hydrogens (tertiary/aromatic N) is 2. The Balaban J connectivity index is 1.32. The molecule has 2 heterocycles. The Kier molecular flexibility index (Phi) is 7.05. The second-order valence-electron chi connectivity index (χ2n) is 9.20. The second-order valence-corrected chi connectivity index (χ2v) is 9.20. The molecule has 9 heteroatoms. The summed E-state index contributed by atoms with van der Waals surface area (Å²) in [6.45, 7) is 3.92. The Morgan fingerprint density at radius 3 is 2.26 bits per heavy atom. The topological polar surface area (TPSA) is 118 Å². The summed E-state index contributed by atoms with van der Waals surface area (Å²) < 4.78 is 25.7. The maximum absolute atomic E-state index is 14.7. The van der Waals surface area contributed by atoms with Gasteiger partial charge in [0.15, 0.2) is 5.76 Å². The Morgan fingerprint density at radius 2 is 1.59 bits per heavy atom. The lowest BCUT2D eigenvalue weighted by Crippen LogP contribution is -2.42. The molecule has 0 fully saturated rings. The van der Waals surface area contributed by atoms with Gasteiger partial charge >= 0.3 is 5.97 Å². The number of carboxylic acid groups (broad SMARTS) is 1. The van der Waals surface area contributed by atoms with Crippen molar-refractivity contribution < 1.29 is 28.0 Å². The summed E-state index contributed by atoms with van der Waals surface area (Å²) >= 11 is 0. The first-order chi connectivity index (χ1) is 18.8. The van der Waals surface area contributed by atoms with E-state index in [-0.39, 0.29) is 29.5 Å². The molecule has 3 aromatic carbocycles. The van der Waals surface area contributed by atoms with Crippen molar-refractivity contribution in [3.63, 3.8) is 0 Å². The Bertz CT molecular complexity index is 1640. The standard InChI is InChI=1S/C30H24FN3O5/c1-17-3-8-20(9-4-17)25-13-14-26(38-25)28(35)32-24(30(36)37)16-19-7-12-23(31)22(15-19)27-33-29(39-34-27)21-10-5-18(2)6-11-21/h3-15,24H,16H2,1-2H3,(H,32,35)(H,36,37). The van der Waals surface area contributed by atoms with Gasteiger partial charge in [-0.1, -0.05) is 58.7 Å². The number of furan rings is 1. The summed E-state index contributed by atoms with van der Waals surface area (Å²) in [6, 6.07) is 21.0. The number of carboxylic acids is 1. The number of aliphatic carboxylic acids is 1. The molecule has 0 aliphatic rings. The SMILES string of the molecule is Cc1ccc(-c2ccc(C(=O)NC(Cc3ccc(F)c(-c4noc(-c5ccc(C)cc5)n4)c3)C(=O)O)o2)cc1. The fourth-order valence-electron chi connectivity index (χ4n) is 4.02. The van der Waals surface area contributed by atoms with Crippen LogP contribution < -0.4 is 5.32 Å². The molecule has 8 nitrogen and oxygen atoms in total. The third-order valence-corrected chi connectivity index (χ3v) is 6.21. The van der Waals surface area contributed by atoms with Crippen molar-refractivity contribution in [3.05, 3.63) is 107 Å². The van der Waals surface area contributed by atoms with E-state index < -0.39 is 23.7 Å². The van der Waals surface area contributed by atoms with E-state index >= 15 is 0 Å². The van der Waals surface area contributed by atoms with E-state index in [0.717, 1.165) is 16.7 Å². The zero-order valence-electron chi connectivity index (χ0n) is 21.1. The lowest BCUT2D eigenvalue weighted by molar-refractivity contribution is -0.139. The van der Waals surface area contributed by atoms with Crippen LogP contribution in [-0.2, 0) is 11.2 Å². The number of carbonyl (C=O) groups is 2. The molecule has 0 spiro atoms. The van der Waals surface area contributed by atoms with Crippen LogP contribution in [0.1, 0.15) is 27.2 Å². The fourth-order valence-corrected chi connectivity index (χ4v) is 4.02. The minimum Gasteiger partial charge on any atom is -0.480 e. The minimum absolute atomic E-state index is 0.0212. The molecule has 1 amide bonds. The van der Waals surface area contributed by atoms with Crippen molar-refractivity contribution in [3.8, 4) is 34.2 Å². The number of aryl methyl sites for hydroxylation is 2. The van der Waals surface area contributed by atoms with Gasteiger partial charge in [-0.3, -0.25) is 4.79 Å². The van der Waals surface area contributed by atoms with E-state index in [1.165, 1.54) is 24.3 Å². The number of amides is 1. The molecule has 0 saturated heterocycles. The van der Waals surface area contributed by atoms with Gasteiger partial charge in [-0.15, -0.1) is 0 Å². The van der Waals surface area contributed by atoms with Crippen LogP contribution in [0.5, 0.6) is 0 Å². The van der Waals surface area contributed by atoms with Crippen LogP contribution in [0.4, 0.5) is 4.39 Å². The first-order valence-corrected chi connectivity index (χ1v) is 12.2. The highest BCUT2D eigenvalue weighted by Gasteiger charge is 2.24. The molecule has 0 saturated carbocycles. The van der Waals surface area contributed by atoms with Gasteiger partial charge < -0.3 is 19.4 Å². The molecule has 2 N–H and O–H groups in total. The van der Waals surface area contributed by atoms with Crippen molar-refractivity contribution >= 4 is 11.9 Å². The summed E-state index contributed by atoms with van der Waals surface area (Å²) in [5.74, 6) is -1.80. The highest BCUT2D eigenvalue weighted by molar-refractivity contribution is 5.94. The van der Waals surface area contributed by atoms with Crippen LogP contribution in [0.25, 0.3) is 34.2 Å². The number of aromatic nitrogens is 2. The molecular weight excluding hydrogens is 501 g/mol. The van der Waals surface area contributed by atoms with E-state index in [0.29, 0.717) is 16.9 Å². The molecule has 2 aromatic heterocycles. The molecular formula is C30H24FN3O5. The maximum Gasteiger partial charge on any atom is 0.326 e. The summed E-state index contributed by atoms with van der Waals surface area (Å²) in [6.07, 6.45) is -0.109. The predicted octanol–water partition coefficient (Wildman–Crippen LogP) is 5.85. The monoisotopic (exact) mass is 525 g/mol. The molecule has 1 unspecified atom stereocenters. The van der Waals surface area contributed by atoms with Gasteiger partial charge in [-0.25, -0.2) is 9.18 Å². The summed E-state index contributed by atoms with van der Waals surface area (Å²) in [4.78, 5) is 29.1. The first kappa shape index (κ1) is 25.6. The third-order valence-electron chi connectivity index (χ3n) is 6.21. The van der Waals surface area contributed by atoms with Gasteiger partial charge in [-0.05, 0) is 55.8 Å². The lowest BCUT2D eigenvalue weighted by atomic mass is 10.0. The van der Waals surface area contributed by atoms with Crippen molar-refractivity contribution in [2.24, 2.45) is 0 Å². The van der Waals surface area contributed by atoms with E-state index in [2.05, 4.69) is 15.5 Å². The Labute approximate surface area is 223 Å². The summed E-state index contributed by atoms with van der Waals surface area (Å²) in [5.41, 5.74) is 4.14. The average Bonchev–Trinajstić information content (AvgIpc) is 3.61. The molecule has 0 bridgehead atoms. The van der Waals surface area contributed by atoms with Crippen molar-refractivity contribution in [1.29, 1.82) is 0 Å². The first-order valence-electron chi connectivity index (χ1n) is 12.2. The molecule has 39 heavy (non-hydrogen) atoms. The fraction of sp³-hybridized carbons (Fsp3) is 0.133. The zero-order chi connectivity index (χ0) is 27.5. The van der Waals surface area contributed by atoms with Crippen molar-refractivity contribution in [2.75, 3.05) is 0 Å². The van der Waals surface area contributed by atoms with Crippen LogP contribution in [0, 0.1) is 19.7 Å². The summed E-state index contributed by atoms with van der Waals surface area (Å²) in [7, 11) is 0. The Morgan fingerprint density at radius 1 is 0.923 bits per heavy atom. The number of halogens is 1. The van der Waals surface area contributed by atoms with Crippen LogP contribution in [0.2, 0.25) is 0 Å². The maximum atomic E-state index is 14.7. The molecule has 1 atom stereocenters. The van der Waals surface area contributed by atoms with Crippen LogP contribution >= 0.6 is 0 Å². The highest BCUT2D eigenvalue weighted by Crippen LogP contribution is 2.26. The smallest absolute Gasteiger partial charge is 0.326 e. The quantitative estimate of drug-likeness (QED) is 0.261. The normalized spacial score (nSPS) is 11.8. The van der Waals surface area contributed by atoms with Gasteiger partial charge in [0.1, 0.15) is 17.6 Å². The zero-order valence-corrected chi connectivity index (χ0v) is 21.1. The van der Waals surface area contributed by atoms with Gasteiger partial charge in [0.2, 0.25) is 5.82 Å². The van der Waals surface area contributed by atoms with Gasteiger partial charge in [0.05, 0.1) is 5.56 Å². The van der Waals surface area contributed by atoms with E-state index in [1.54, 1.807) is 6.07 Å². The molecule has 5 aromatic rings. The van der Waals surface area contributed by atoms with Gasteiger partial charge in [0, 0.05) is 17.5 Å². The van der Waals surface area contributed by atoms with E-state index in [9.17, 15) is 19.1 Å². The largest absolute Gasteiger partial charge is 0.480 e. The van der Waals surface area contributed by atoms with Crippen molar-refractivity contribution in [1.82, 2.24) is 15.5 Å². The van der Waals surface area contributed by atoms with E-state index in [1.807, 2.05) is 62.4 Å². The molecule has 0 aliphatic carbocycles. The van der Waals surface area contributed by atoms with Crippen LogP contribution in [0.3, 0.4) is 0 Å². The van der Waals surface area contributed by atoms with Crippen LogP contribution in [-0.4, -0.2) is 33.2 Å². The van der Waals surface area contributed by atoms with Crippen molar-refractivity contribution in [2.45, 2.75) is 26.3 Å². The molecule has 0 radical (unpaired) electrons. The predicted molar refractivity (Wildman–Crippen MR) is 141 cm³/mol. The minimum atomic E-state index is -1.29. The van der Waals surface area contributed by atoms with Gasteiger partial charge in [0.25, 0.3) is 11.8 Å². The third kappa shape index (κ3) is 5.77. The number of carbonyl (C=O) groups excluding carboxylic acids is 1. The van der Waals surface area contributed by atoms with E-state index in [4.69, 9.17) is 8.94 Å². The Hall–Kier alpha value is -5.05. The number of nitrogens with one attached hydrogen (secondary N) is 1. The van der Waals surface area contributed by atoms with Crippen LogP contribution in [0.15, 0.2) is 87.8 Å². The molecule has 5 rings (SSSR count). The number of rotatable bonds is 8. The number of hydrogen-bond donors (Lipinski definition) is 2. The average molecular weight is 526 g/mol.